The van der Waals surface area contributed by atoms with E-state index in [4.69, 9.17) is 5.73 Å². The van der Waals surface area contributed by atoms with Crippen molar-refractivity contribution >= 4 is 35.0 Å². The quantitative estimate of drug-likeness (QED) is 0.431. The molecule has 0 aliphatic carbocycles. The van der Waals surface area contributed by atoms with Gasteiger partial charge in [0, 0.05) is 17.8 Å². The Morgan fingerprint density at radius 3 is 2.95 bits per heavy atom. The van der Waals surface area contributed by atoms with Crippen molar-refractivity contribution in [2.45, 2.75) is 17.3 Å². The van der Waals surface area contributed by atoms with E-state index in [1.165, 1.54) is 18.2 Å². The minimum absolute atomic E-state index is 0.0881. The van der Waals surface area contributed by atoms with E-state index in [1.807, 2.05) is 0 Å². The number of anilines is 2. The van der Waals surface area contributed by atoms with E-state index < -0.39 is 10.2 Å². The summed E-state index contributed by atoms with van der Waals surface area (Å²) in [5.41, 5.74) is 5.66. The zero-order valence-corrected chi connectivity index (χ0v) is 11.8. The molecule has 10 heteroatoms. The molecule has 9 nitrogen and oxygen atoms in total. The van der Waals surface area contributed by atoms with Crippen LogP contribution < -0.4 is 11.1 Å². The lowest BCUT2D eigenvalue weighted by Crippen LogP contribution is -2.22. The molecule has 1 amide bonds. The van der Waals surface area contributed by atoms with Gasteiger partial charge in [0.1, 0.15) is 0 Å². The van der Waals surface area contributed by atoms with E-state index in [1.54, 1.807) is 13.0 Å². The summed E-state index contributed by atoms with van der Waals surface area (Å²) in [4.78, 5) is 26.0. The van der Waals surface area contributed by atoms with E-state index in [0.29, 0.717) is 10.8 Å². The molecule has 0 saturated carbocycles. The Morgan fingerprint density at radius 2 is 2.33 bits per heavy atom. The van der Waals surface area contributed by atoms with E-state index in [-0.39, 0.29) is 17.5 Å². The zero-order valence-electron chi connectivity index (χ0n) is 10.9. The molecular formula is C11H12N6O3S. The maximum absolute atomic E-state index is 12.0. The number of hydrogen-bond donors (Lipinski definition) is 3. The molecule has 0 aliphatic heterocycles. The third-order valence-corrected chi connectivity index (χ3v) is 3.42. The fraction of sp³-hybridized carbons (Fsp3) is 0.182. The number of nitrogens with two attached hydrogens (primary N) is 1. The lowest BCUT2D eigenvalue weighted by molar-refractivity contribution is -0.384. The summed E-state index contributed by atoms with van der Waals surface area (Å²) in [5.74, 6) is -0.146. The zero-order chi connectivity index (χ0) is 15.4. The van der Waals surface area contributed by atoms with Gasteiger partial charge in [0.2, 0.25) is 17.0 Å². The minimum atomic E-state index is -0.524. The predicted molar refractivity (Wildman–Crippen MR) is 77.8 cm³/mol. The number of thioether (sulfide) groups is 1. The minimum Gasteiger partial charge on any atom is -0.368 e. The molecule has 0 aliphatic rings. The Hall–Kier alpha value is -2.62. The summed E-state index contributed by atoms with van der Waals surface area (Å²) < 4.78 is 0. The Morgan fingerprint density at radius 1 is 1.57 bits per heavy atom. The summed E-state index contributed by atoms with van der Waals surface area (Å²) in [6.07, 6.45) is 0. The summed E-state index contributed by atoms with van der Waals surface area (Å²) >= 11 is 1.12. The van der Waals surface area contributed by atoms with Crippen LogP contribution in [-0.4, -0.2) is 31.3 Å². The Labute approximate surface area is 123 Å². The molecule has 1 atom stereocenters. The number of benzene rings is 1. The lowest BCUT2D eigenvalue weighted by atomic mass is 10.2. The van der Waals surface area contributed by atoms with Gasteiger partial charge in [-0.15, -0.1) is 5.10 Å². The second-order valence-electron chi connectivity index (χ2n) is 4.06. The van der Waals surface area contributed by atoms with Gasteiger partial charge in [-0.05, 0) is 13.0 Å². The first-order chi connectivity index (χ1) is 9.95. The summed E-state index contributed by atoms with van der Waals surface area (Å²) in [6.45, 7) is 1.67. The van der Waals surface area contributed by atoms with Gasteiger partial charge in [0.15, 0.2) is 0 Å². The van der Waals surface area contributed by atoms with Crippen LogP contribution in [0, 0.1) is 10.1 Å². The van der Waals surface area contributed by atoms with Gasteiger partial charge in [-0.1, -0.05) is 17.8 Å². The van der Waals surface area contributed by atoms with Gasteiger partial charge < -0.3 is 11.1 Å². The number of nitrogens with zero attached hydrogens (tertiary/aromatic N) is 3. The first-order valence-electron chi connectivity index (χ1n) is 5.85. The number of nitrogen functional groups attached to an aromatic ring is 1. The summed E-state index contributed by atoms with van der Waals surface area (Å²) in [6, 6.07) is 5.72. The molecule has 1 aromatic carbocycles. The highest BCUT2D eigenvalue weighted by molar-refractivity contribution is 8.00. The Kier molecular flexibility index (Phi) is 4.38. The van der Waals surface area contributed by atoms with Crippen molar-refractivity contribution in [3.05, 3.63) is 34.4 Å². The molecule has 4 N–H and O–H groups in total. The highest BCUT2D eigenvalue weighted by atomic mass is 32.2. The molecule has 1 heterocycles. The molecule has 1 unspecified atom stereocenters. The van der Waals surface area contributed by atoms with Crippen LogP contribution in [0.5, 0.6) is 0 Å². The van der Waals surface area contributed by atoms with Crippen molar-refractivity contribution in [3.8, 4) is 0 Å². The number of aromatic amines is 1. The Balaban J connectivity index is 2.00. The monoisotopic (exact) mass is 308 g/mol. The normalized spacial score (nSPS) is 11.9. The summed E-state index contributed by atoms with van der Waals surface area (Å²) in [7, 11) is 0. The van der Waals surface area contributed by atoms with Crippen LogP contribution in [0.4, 0.5) is 17.3 Å². The Bertz CT molecular complexity index is 673. The molecule has 2 rings (SSSR count). The SMILES string of the molecule is CC(Sc1n[nH]c(N)n1)C(=O)Nc1cccc([N+](=O)[O-])c1. The number of non-ortho nitro benzene ring substituents is 1. The number of hydrogen-bond acceptors (Lipinski definition) is 7. The van der Waals surface area contributed by atoms with Crippen molar-refractivity contribution in [2.24, 2.45) is 0 Å². The first-order valence-corrected chi connectivity index (χ1v) is 6.73. The van der Waals surface area contributed by atoms with Crippen molar-refractivity contribution in [3.63, 3.8) is 0 Å². The third-order valence-electron chi connectivity index (χ3n) is 2.46. The van der Waals surface area contributed by atoms with Gasteiger partial charge in [-0.2, -0.15) is 4.98 Å². The molecule has 21 heavy (non-hydrogen) atoms. The fourth-order valence-electron chi connectivity index (χ4n) is 1.46. The van der Waals surface area contributed by atoms with E-state index in [0.717, 1.165) is 11.8 Å². The molecule has 0 spiro atoms. The molecule has 2 aromatic rings. The van der Waals surface area contributed by atoms with Crippen molar-refractivity contribution in [1.82, 2.24) is 15.2 Å². The molecule has 0 fully saturated rings. The third kappa shape index (κ3) is 3.92. The van der Waals surface area contributed by atoms with Crippen LogP contribution in [0.25, 0.3) is 0 Å². The van der Waals surface area contributed by atoms with Crippen LogP contribution >= 0.6 is 11.8 Å². The van der Waals surface area contributed by atoms with E-state index in [2.05, 4.69) is 20.5 Å². The van der Waals surface area contributed by atoms with Gasteiger partial charge in [0.25, 0.3) is 5.69 Å². The van der Waals surface area contributed by atoms with E-state index >= 15 is 0 Å². The highest BCUT2D eigenvalue weighted by Gasteiger charge is 2.17. The average Bonchev–Trinajstić information content (AvgIpc) is 2.84. The molecule has 0 radical (unpaired) electrons. The average molecular weight is 308 g/mol. The number of nitrogens with one attached hydrogen (secondary N) is 2. The number of aromatic nitrogens is 3. The number of carbonyl (C=O) groups excluding carboxylic acids is 1. The van der Waals surface area contributed by atoms with Crippen LogP contribution in [0.15, 0.2) is 29.4 Å². The van der Waals surface area contributed by atoms with Gasteiger partial charge >= 0.3 is 0 Å². The van der Waals surface area contributed by atoms with Crippen molar-refractivity contribution in [2.75, 3.05) is 11.1 Å². The number of nitro benzene ring substituents is 1. The molecule has 1 aromatic heterocycles. The maximum Gasteiger partial charge on any atom is 0.271 e. The van der Waals surface area contributed by atoms with Crippen LogP contribution in [0.3, 0.4) is 0 Å². The van der Waals surface area contributed by atoms with Crippen LogP contribution in [-0.2, 0) is 4.79 Å². The first kappa shape index (κ1) is 14.8. The smallest absolute Gasteiger partial charge is 0.271 e. The number of carbonyl (C=O) groups is 1. The van der Waals surface area contributed by atoms with Gasteiger partial charge in [-0.3, -0.25) is 14.9 Å². The van der Waals surface area contributed by atoms with Gasteiger partial charge in [0.05, 0.1) is 10.2 Å². The van der Waals surface area contributed by atoms with Crippen molar-refractivity contribution < 1.29 is 9.72 Å². The van der Waals surface area contributed by atoms with Crippen LogP contribution in [0.1, 0.15) is 6.92 Å². The number of rotatable bonds is 5. The van der Waals surface area contributed by atoms with Crippen LogP contribution in [0.2, 0.25) is 0 Å². The van der Waals surface area contributed by atoms with Crippen molar-refractivity contribution in [1.29, 1.82) is 0 Å². The molecule has 0 saturated heterocycles. The lowest BCUT2D eigenvalue weighted by Gasteiger charge is -2.09. The topological polar surface area (TPSA) is 140 Å². The van der Waals surface area contributed by atoms with E-state index in [9.17, 15) is 14.9 Å². The largest absolute Gasteiger partial charge is 0.368 e. The highest BCUT2D eigenvalue weighted by Crippen LogP contribution is 2.22. The predicted octanol–water partition coefficient (Wildman–Crippen LogP) is 1.41. The number of H-pyrrole nitrogens is 1. The summed E-state index contributed by atoms with van der Waals surface area (Å²) in [5, 5.41) is 19.4. The second kappa shape index (κ2) is 6.22. The molecular weight excluding hydrogens is 296 g/mol. The number of nitro groups is 1. The number of amides is 1. The maximum atomic E-state index is 12.0. The second-order valence-corrected chi connectivity index (χ2v) is 5.37. The standard InChI is InChI=1S/C11H12N6O3S/c1-6(21-11-14-10(12)15-16-11)9(18)13-7-3-2-4-8(5-7)17(19)20/h2-6H,1H3,(H,13,18)(H3,12,14,15,16). The molecule has 110 valence electrons. The fourth-order valence-corrected chi connectivity index (χ4v) is 2.20. The van der Waals surface area contributed by atoms with Gasteiger partial charge in [-0.25, -0.2) is 5.10 Å². The molecule has 0 bridgehead atoms.